The summed E-state index contributed by atoms with van der Waals surface area (Å²) < 4.78 is 1.31. The summed E-state index contributed by atoms with van der Waals surface area (Å²) in [5, 5.41) is 9.18. The van der Waals surface area contributed by atoms with E-state index in [0.29, 0.717) is 13.1 Å². The van der Waals surface area contributed by atoms with Gasteiger partial charge in [-0.05, 0) is 37.2 Å². The number of nitrogens with one attached hydrogen (secondary N) is 1. The number of thiophene rings is 1. The van der Waals surface area contributed by atoms with E-state index >= 15 is 0 Å². The lowest BCUT2D eigenvalue weighted by Crippen LogP contribution is -2.35. The summed E-state index contributed by atoms with van der Waals surface area (Å²) in [6, 6.07) is 16.6. The summed E-state index contributed by atoms with van der Waals surface area (Å²) in [6.45, 7) is 0.794. The molecule has 0 aliphatic heterocycles. The lowest BCUT2D eigenvalue weighted by Gasteiger charge is -2.23. The monoisotopic (exact) mass is 382 g/mol. The third-order valence-electron chi connectivity index (χ3n) is 4.23. The number of rotatable bonds is 7. The van der Waals surface area contributed by atoms with E-state index in [-0.39, 0.29) is 23.2 Å². The molecule has 0 spiro atoms. The molecular weight excluding hydrogens is 360 g/mol. The first kappa shape index (κ1) is 19.0. The van der Waals surface area contributed by atoms with Crippen molar-refractivity contribution in [2.75, 3.05) is 20.6 Å². The first-order valence-corrected chi connectivity index (χ1v) is 9.52. The maximum atomic E-state index is 12.6. The van der Waals surface area contributed by atoms with Gasteiger partial charge in [-0.2, -0.15) is 5.10 Å². The number of carbonyl (C=O) groups is 1. The number of benzene rings is 1. The van der Waals surface area contributed by atoms with E-state index in [1.54, 1.807) is 11.3 Å². The van der Waals surface area contributed by atoms with Crippen LogP contribution in [0.5, 0.6) is 0 Å². The molecule has 0 saturated carbocycles. The molecule has 27 heavy (non-hydrogen) atoms. The van der Waals surface area contributed by atoms with Gasteiger partial charge in [-0.3, -0.25) is 9.59 Å². The highest BCUT2D eigenvalue weighted by Crippen LogP contribution is 2.22. The molecule has 1 amide bonds. The van der Waals surface area contributed by atoms with Crippen LogP contribution in [-0.4, -0.2) is 41.2 Å². The van der Waals surface area contributed by atoms with Crippen LogP contribution in [0.3, 0.4) is 0 Å². The van der Waals surface area contributed by atoms with Crippen molar-refractivity contribution in [2.24, 2.45) is 0 Å². The highest BCUT2D eigenvalue weighted by molar-refractivity contribution is 7.10. The van der Waals surface area contributed by atoms with Crippen molar-refractivity contribution in [1.29, 1.82) is 0 Å². The molecule has 3 aromatic rings. The van der Waals surface area contributed by atoms with Gasteiger partial charge in [-0.25, -0.2) is 4.68 Å². The lowest BCUT2D eigenvalue weighted by atomic mass is 10.2. The van der Waals surface area contributed by atoms with Gasteiger partial charge >= 0.3 is 0 Å². The molecule has 0 aliphatic carbocycles. The molecule has 7 heteroatoms. The SMILES string of the molecule is CN(C)C(CNC(=O)c1ccc(=O)n(Cc2ccccc2)n1)c1cccs1. The molecule has 140 valence electrons. The van der Waals surface area contributed by atoms with Crippen LogP contribution in [0, 0.1) is 0 Å². The summed E-state index contributed by atoms with van der Waals surface area (Å²) in [7, 11) is 3.96. The Morgan fingerprint density at radius 3 is 2.59 bits per heavy atom. The Balaban J connectivity index is 1.71. The van der Waals surface area contributed by atoms with Gasteiger partial charge in [-0.15, -0.1) is 11.3 Å². The maximum absolute atomic E-state index is 12.6. The van der Waals surface area contributed by atoms with E-state index in [0.717, 1.165) is 5.56 Å². The van der Waals surface area contributed by atoms with Crippen molar-refractivity contribution in [3.8, 4) is 0 Å². The highest BCUT2D eigenvalue weighted by atomic mass is 32.1. The molecule has 0 bridgehead atoms. The summed E-state index contributed by atoms with van der Waals surface area (Å²) in [6.07, 6.45) is 0. The molecule has 0 aliphatic rings. The highest BCUT2D eigenvalue weighted by Gasteiger charge is 2.17. The molecule has 1 unspecified atom stereocenters. The smallest absolute Gasteiger partial charge is 0.271 e. The predicted molar refractivity (Wildman–Crippen MR) is 107 cm³/mol. The maximum Gasteiger partial charge on any atom is 0.271 e. The number of amides is 1. The zero-order valence-electron chi connectivity index (χ0n) is 15.3. The van der Waals surface area contributed by atoms with E-state index in [1.165, 1.54) is 21.7 Å². The molecule has 2 aromatic heterocycles. The normalized spacial score (nSPS) is 12.1. The molecule has 0 saturated heterocycles. The lowest BCUT2D eigenvalue weighted by molar-refractivity contribution is 0.0934. The van der Waals surface area contributed by atoms with Crippen LogP contribution in [-0.2, 0) is 6.54 Å². The van der Waals surface area contributed by atoms with Gasteiger partial charge in [0.05, 0.1) is 12.6 Å². The molecule has 3 rings (SSSR count). The summed E-state index contributed by atoms with van der Waals surface area (Å²) in [5.74, 6) is -0.291. The van der Waals surface area contributed by atoms with E-state index in [2.05, 4.69) is 21.4 Å². The van der Waals surface area contributed by atoms with Gasteiger partial charge in [0.2, 0.25) is 0 Å². The fraction of sp³-hybridized carbons (Fsp3) is 0.250. The van der Waals surface area contributed by atoms with Crippen molar-refractivity contribution in [2.45, 2.75) is 12.6 Å². The fourth-order valence-corrected chi connectivity index (χ4v) is 3.66. The zero-order valence-corrected chi connectivity index (χ0v) is 16.1. The van der Waals surface area contributed by atoms with E-state index in [9.17, 15) is 9.59 Å². The van der Waals surface area contributed by atoms with Crippen molar-refractivity contribution >= 4 is 17.2 Å². The van der Waals surface area contributed by atoms with Crippen molar-refractivity contribution in [3.63, 3.8) is 0 Å². The second-order valence-corrected chi connectivity index (χ2v) is 7.38. The fourth-order valence-electron chi connectivity index (χ4n) is 2.74. The molecule has 0 fully saturated rings. The molecule has 1 N–H and O–H groups in total. The van der Waals surface area contributed by atoms with Gasteiger partial charge in [0.25, 0.3) is 11.5 Å². The van der Waals surface area contributed by atoms with Gasteiger partial charge < -0.3 is 10.2 Å². The minimum absolute atomic E-state index is 0.0872. The quantitative estimate of drug-likeness (QED) is 0.681. The van der Waals surface area contributed by atoms with Gasteiger partial charge in [0.1, 0.15) is 5.69 Å². The first-order valence-electron chi connectivity index (χ1n) is 8.64. The zero-order chi connectivity index (χ0) is 19.2. The number of carbonyl (C=O) groups excluding carboxylic acids is 1. The van der Waals surface area contributed by atoms with Crippen LogP contribution in [0.1, 0.15) is 27.0 Å². The average molecular weight is 382 g/mol. The number of likely N-dealkylation sites (N-methyl/N-ethyl adjacent to an activating group) is 1. The molecule has 2 heterocycles. The Kier molecular flexibility index (Phi) is 6.16. The van der Waals surface area contributed by atoms with Gasteiger partial charge in [0.15, 0.2) is 0 Å². The number of hydrogen-bond acceptors (Lipinski definition) is 5. The number of hydrogen-bond donors (Lipinski definition) is 1. The molecule has 6 nitrogen and oxygen atoms in total. The van der Waals surface area contributed by atoms with Crippen LogP contribution in [0.4, 0.5) is 0 Å². The summed E-state index contributed by atoms with van der Waals surface area (Å²) in [4.78, 5) is 27.9. The van der Waals surface area contributed by atoms with Crippen molar-refractivity contribution < 1.29 is 4.79 Å². The molecule has 1 atom stereocenters. The first-order chi connectivity index (χ1) is 13.0. The van der Waals surface area contributed by atoms with E-state index in [1.807, 2.05) is 55.9 Å². The predicted octanol–water partition coefficient (Wildman–Crippen LogP) is 2.39. The average Bonchev–Trinajstić information content (AvgIpc) is 3.18. The van der Waals surface area contributed by atoms with E-state index < -0.39 is 0 Å². The topological polar surface area (TPSA) is 67.2 Å². The van der Waals surface area contributed by atoms with Crippen LogP contribution >= 0.6 is 11.3 Å². The second kappa shape index (κ2) is 8.75. The van der Waals surface area contributed by atoms with Crippen LogP contribution in [0.25, 0.3) is 0 Å². The van der Waals surface area contributed by atoms with Gasteiger partial charge in [-0.1, -0.05) is 36.4 Å². The van der Waals surface area contributed by atoms with E-state index in [4.69, 9.17) is 0 Å². The van der Waals surface area contributed by atoms with Crippen molar-refractivity contribution in [1.82, 2.24) is 20.0 Å². The Bertz CT molecular complexity index is 936. The van der Waals surface area contributed by atoms with Gasteiger partial charge in [0, 0.05) is 17.5 Å². The minimum atomic E-state index is -0.291. The minimum Gasteiger partial charge on any atom is -0.349 e. The third-order valence-corrected chi connectivity index (χ3v) is 5.20. The Labute approximate surface area is 162 Å². The van der Waals surface area contributed by atoms with Crippen LogP contribution in [0.2, 0.25) is 0 Å². The van der Waals surface area contributed by atoms with Crippen LogP contribution in [0.15, 0.2) is 64.8 Å². The Hall–Kier alpha value is -2.77. The Morgan fingerprint density at radius 1 is 1.15 bits per heavy atom. The molecule has 0 radical (unpaired) electrons. The summed E-state index contributed by atoms with van der Waals surface area (Å²) in [5.41, 5.74) is 0.949. The number of nitrogens with zero attached hydrogens (tertiary/aromatic N) is 3. The summed E-state index contributed by atoms with van der Waals surface area (Å²) >= 11 is 1.66. The molecule has 1 aromatic carbocycles. The van der Waals surface area contributed by atoms with Crippen LogP contribution < -0.4 is 10.9 Å². The second-order valence-electron chi connectivity index (χ2n) is 6.40. The van der Waals surface area contributed by atoms with Crippen molar-refractivity contribution in [3.05, 3.63) is 86.5 Å². The largest absolute Gasteiger partial charge is 0.349 e. The third kappa shape index (κ3) is 4.90. The molecular formula is C20H22N4O2S. The number of aromatic nitrogens is 2. The standard InChI is InChI=1S/C20H22N4O2S/c1-23(2)17(18-9-6-12-27-18)13-21-20(26)16-10-11-19(25)24(22-16)14-15-7-4-3-5-8-15/h3-12,17H,13-14H2,1-2H3,(H,21,26). The Morgan fingerprint density at radius 2 is 1.93 bits per heavy atom.